The zero-order chi connectivity index (χ0) is 8.97. The fourth-order valence-electron chi connectivity index (χ4n) is 1.38. The van der Waals surface area contributed by atoms with Gasteiger partial charge in [-0.1, -0.05) is 6.92 Å². The second-order valence-corrected chi connectivity index (χ2v) is 3.22. The Morgan fingerprint density at radius 3 is 3.00 bits per heavy atom. The highest BCUT2D eigenvalue weighted by Gasteiger charge is 2.22. The average Bonchev–Trinajstić information content (AvgIpc) is 2.37. The topological polar surface area (TPSA) is 41.6 Å². The quantitative estimate of drug-likeness (QED) is 0.663. The Bertz CT molecular complexity index is 161. The van der Waals surface area contributed by atoms with E-state index >= 15 is 0 Å². The number of hydrogen-bond acceptors (Lipinski definition) is 3. The average molecular weight is 172 g/mol. The largest absolute Gasteiger partial charge is 0.448 e. The first-order valence-electron chi connectivity index (χ1n) is 4.30. The molecular formula is C8H16N2O2. The van der Waals surface area contributed by atoms with Crippen molar-refractivity contribution < 1.29 is 9.53 Å². The van der Waals surface area contributed by atoms with E-state index in [1.165, 1.54) is 0 Å². The lowest BCUT2D eigenvalue weighted by Crippen LogP contribution is -2.33. The smallest absolute Gasteiger partial charge is 0.409 e. The van der Waals surface area contributed by atoms with Gasteiger partial charge in [-0.15, -0.1) is 0 Å². The van der Waals surface area contributed by atoms with Gasteiger partial charge in [-0.2, -0.15) is 0 Å². The van der Waals surface area contributed by atoms with Gasteiger partial charge in [0.25, 0.3) is 0 Å². The molecule has 0 aliphatic carbocycles. The fourth-order valence-corrected chi connectivity index (χ4v) is 1.38. The van der Waals surface area contributed by atoms with Gasteiger partial charge in [-0.25, -0.2) is 4.79 Å². The van der Waals surface area contributed by atoms with E-state index in [-0.39, 0.29) is 6.09 Å². The van der Waals surface area contributed by atoms with Gasteiger partial charge in [0.15, 0.2) is 0 Å². The number of amides is 1. The molecule has 70 valence electrons. The third-order valence-corrected chi connectivity index (χ3v) is 1.93. The first-order valence-corrected chi connectivity index (χ1v) is 4.30. The van der Waals surface area contributed by atoms with Crippen LogP contribution in [0.4, 0.5) is 4.79 Å². The first-order chi connectivity index (χ1) is 5.74. The molecule has 0 radical (unpaired) electrons. The summed E-state index contributed by atoms with van der Waals surface area (Å²) in [6.45, 7) is 5.13. The standard InChI is InChI=1S/C8H16N2O2/c1-7(5-9-2)6-10-3-4-12-8(10)11/h7,9H,3-6H2,1-2H3. The number of hydrogen-bond donors (Lipinski definition) is 1. The Balaban J connectivity index is 2.25. The summed E-state index contributed by atoms with van der Waals surface area (Å²) in [6, 6.07) is 0. The zero-order valence-corrected chi connectivity index (χ0v) is 7.67. The van der Waals surface area contributed by atoms with Gasteiger partial charge in [0.05, 0.1) is 6.54 Å². The molecule has 0 aromatic rings. The molecule has 0 aromatic heterocycles. The lowest BCUT2D eigenvalue weighted by molar-refractivity contribution is 0.155. The predicted octanol–water partition coefficient (Wildman–Crippen LogP) is 0.294. The second kappa shape index (κ2) is 4.30. The van der Waals surface area contributed by atoms with E-state index in [0.29, 0.717) is 12.5 Å². The summed E-state index contributed by atoms with van der Waals surface area (Å²) < 4.78 is 4.81. The van der Waals surface area contributed by atoms with Crippen molar-refractivity contribution >= 4 is 6.09 Å². The number of carbonyl (C=O) groups is 1. The maximum Gasteiger partial charge on any atom is 0.409 e. The molecule has 0 spiro atoms. The molecule has 1 aliphatic heterocycles. The summed E-state index contributed by atoms with van der Waals surface area (Å²) in [4.78, 5) is 12.7. The Morgan fingerprint density at radius 2 is 2.50 bits per heavy atom. The Hall–Kier alpha value is -0.770. The second-order valence-electron chi connectivity index (χ2n) is 3.22. The minimum absolute atomic E-state index is 0.169. The van der Waals surface area contributed by atoms with Crippen molar-refractivity contribution in [3.63, 3.8) is 0 Å². The van der Waals surface area contributed by atoms with Crippen LogP contribution in [0.2, 0.25) is 0 Å². The summed E-state index contributed by atoms with van der Waals surface area (Å²) in [5, 5.41) is 3.08. The van der Waals surface area contributed by atoms with Crippen molar-refractivity contribution in [2.45, 2.75) is 6.92 Å². The van der Waals surface area contributed by atoms with Gasteiger partial charge in [0.1, 0.15) is 6.61 Å². The van der Waals surface area contributed by atoms with Crippen LogP contribution in [0.25, 0.3) is 0 Å². The molecule has 4 heteroatoms. The summed E-state index contributed by atoms with van der Waals surface area (Å²) in [6.07, 6.45) is -0.169. The van der Waals surface area contributed by atoms with Crippen LogP contribution in [0.3, 0.4) is 0 Å². The summed E-state index contributed by atoms with van der Waals surface area (Å²) in [7, 11) is 1.92. The van der Waals surface area contributed by atoms with Crippen LogP contribution in [0.1, 0.15) is 6.92 Å². The minimum atomic E-state index is -0.169. The maximum absolute atomic E-state index is 11.0. The number of ether oxygens (including phenoxy) is 1. The molecular weight excluding hydrogens is 156 g/mol. The number of rotatable bonds is 4. The zero-order valence-electron chi connectivity index (χ0n) is 7.67. The molecule has 1 fully saturated rings. The van der Waals surface area contributed by atoms with E-state index in [1.807, 2.05) is 7.05 Å². The SMILES string of the molecule is CNCC(C)CN1CCOC1=O. The van der Waals surface area contributed by atoms with Gasteiger partial charge in [-0.3, -0.25) is 0 Å². The van der Waals surface area contributed by atoms with Gasteiger partial charge in [-0.05, 0) is 19.5 Å². The van der Waals surface area contributed by atoms with Crippen LogP contribution in [0, 0.1) is 5.92 Å². The molecule has 1 unspecified atom stereocenters. The van der Waals surface area contributed by atoms with E-state index in [2.05, 4.69) is 12.2 Å². The molecule has 1 atom stereocenters. The number of nitrogens with zero attached hydrogens (tertiary/aromatic N) is 1. The third kappa shape index (κ3) is 2.37. The van der Waals surface area contributed by atoms with E-state index in [9.17, 15) is 4.79 Å². The Kier molecular flexibility index (Phi) is 3.34. The van der Waals surface area contributed by atoms with Gasteiger partial charge in [0.2, 0.25) is 0 Å². The lowest BCUT2D eigenvalue weighted by atomic mass is 10.2. The maximum atomic E-state index is 11.0. The molecule has 0 aromatic carbocycles. The van der Waals surface area contributed by atoms with Crippen molar-refractivity contribution in [2.24, 2.45) is 5.92 Å². The minimum Gasteiger partial charge on any atom is -0.448 e. The highest BCUT2D eigenvalue weighted by atomic mass is 16.6. The molecule has 1 rings (SSSR count). The Morgan fingerprint density at radius 1 is 1.75 bits per heavy atom. The third-order valence-electron chi connectivity index (χ3n) is 1.93. The van der Waals surface area contributed by atoms with E-state index < -0.39 is 0 Å². The van der Waals surface area contributed by atoms with Gasteiger partial charge < -0.3 is 15.0 Å². The van der Waals surface area contributed by atoms with Crippen molar-refractivity contribution in [1.82, 2.24) is 10.2 Å². The van der Waals surface area contributed by atoms with E-state index in [1.54, 1.807) is 4.90 Å². The van der Waals surface area contributed by atoms with Crippen LogP contribution < -0.4 is 5.32 Å². The van der Waals surface area contributed by atoms with Crippen LogP contribution in [0.5, 0.6) is 0 Å². The van der Waals surface area contributed by atoms with Crippen molar-refractivity contribution in [3.8, 4) is 0 Å². The molecule has 0 saturated carbocycles. The van der Waals surface area contributed by atoms with Crippen LogP contribution in [0.15, 0.2) is 0 Å². The summed E-state index contributed by atoms with van der Waals surface area (Å²) in [5.74, 6) is 0.487. The lowest BCUT2D eigenvalue weighted by Gasteiger charge is -2.17. The molecule has 1 heterocycles. The van der Waals surface area contributed by atoms with E-state index in [4.69, 9.17) is 4.74 Å². The van der Waals surface area contributed by atoms with Crippen molar-refractivity contribution in [1.29, 1.82) is 0 Å². The van der Waals surface area contributed by atoms with Crippen molar-refractivity contribution in [2.75, 3.05) is 33.3 Å². The molecule has 0 bridgehead atoms. The fraction of sp³-hybridized carbons (Fsp3) is 0.875. The normalized spacial score (nSPS) is 19.5. The molecule has 4 nitrogen and oxygen atoms in total. The number of cyclic esters (lactones) is 1. The summed E-state index contributed by atoms with van der Waals surface area (Å²) in [5.41, 5.74) is 0. The predicted molar refractivity (Wildman–Crippen MR) is 46.0 cm³/mol. The van der Waals surface area contributed by atoms with Crippen LogP contribution in [-0.2, 0) is 4.74 Å². The monoisotopic (exact) mass is 172 g/mol. The molecule has 1 aliphatic rings. The molecule has 12 heavy (non-hydrogen) atoms. The summed E-state index contributed by atoms with van der Waals surface area (Å²) >= 11 is 0. The van der Waals surface area contributed by atoms with Gasteiger partial charge >= 0.3 is 6.09 Å². The number of carbonyl (C=O) groups excluding carboxylic acids is 1. The Labute approximate surface area is 72.9 Å². The first kappa shape index (κ1) is 9.32. The molecule has 1 amide bonds. The van der Waals surface area contributed by atoms with E-state index in [0.717, 1.165) is 19.6 Å². The van der Waals surface area contributed by atoms with Crippen molar-refractivity contribution in [3.05, 3.63) is 0 Å². The highest BCUT2D eigenvalue weighted by molar-refractivity contribution is 5.69. The van der Waals surface area contributed by atoms with Crippen LogP contribution >= 0.6 is 0 Å². The highest BCUT2D eigenvalue weighted by Crippen LogP contribution is 2.06. The van der Waals surface area contributed by atoms with Gasteiger partial charge in [0, 0.05) is 6.54 Å². The number of nitrogens with one attached hydrogen (secondary N) is 1. The molecule has 1 N–H and O–H groups in total. The van der Waals surface area contributed by atoms with Crippen LogP contribution in [-0.4, -0.2) is 44.3 Å². The molecule has 1 saturated heterocycles.